The molecular weight excluding hydrogens is 293 g/mol. The first kappa shape index (κ1) is 11.6. The van der Waals surface area contributed by atoms with Gasteiger partial charge in [0.1, 0.15) is 5.78 Å². The first-order valence-electron chi connectivity index (χ1n) is 4.85. The highest BCUT2D eigenvalue weighted by molar-refractivity contribution is 9.10. The molecular formula is C11H9BrClNO2. The Kier molecular flexibility index (Phi) is 3.30. The molecule has 1 aromatic rings. The number of anilines is 1. The van der Waals surface area contributed by atoms with Gasteiger partial charge in [0.25, 0.3) is 0 Å². The van der Waals surface area contributed by atoms with Crippen molar-refractivity contribution in [3.63, 3.8) is 0 Å². The van der Waals surface area contributed by atoms with Gasteiger partial charge in [-0.15, -0.1) is 0 Å². The number of hydrogen-bond acceptors (Lipinski definition) is 2. The Morgan fingerprint density at radius 2 is 2.06 bits per heavy atom. The molecule has 1 fully saturated rings. The van der Waals surface area contributed by atoms with E-state index in [-0.39, 0.29) is 18.1 Å². The standard InChI is InChI=1S/C11H9BrClNO2/c12-9-2-1-7(13)5-10(9)14-4-3-8(15)6-11(14)16/h1-2,5H,3-4,6H2. The van der Waals surface area contributed by atoms with Gasteiger partial charge < -0.3 is 4.90 Å². The molecule has 1 amide bonds. The molecule has 0 spiro atoms. The van der Waals surface area contributed by atoms with Crippen LogP contribution in [0.3, 0.4) is 0 Å². The van der Waals surface area contributed by atoms with Gasteiger partial charge in [0, 0.05) is 22.5 Å². The summed E-state index contributed by atoms with van der Waals surface area (Å²) in [6, 6.07) is 5.26. The molecule has 0 aliphatic carbocycles. The van der Waals surface area contributed by atoms with Crippen LogP contribution in [0.4, 0.5) is 5.69 Å². The van der Waals surface area contributed by atoms with Crippen LogP contribution in [0.25, 0.3) is 0 Å². The van der Waals surface area contributed by atoms with Crippen LogP contribution in [0.1, 0.15) is 12.8 Å². The number of halogens is 2. The van der Waals surface area contributed by atoms with Crippen molar-refractivity contribution in [2.75, 3.05) is 11.4 Å². The first-order valence-corrected chi connectivity index (χ1v) is 6.02. The van der Waals surface area contributed by atoms with Crippen LogP contribution in [0, 0.1) is 0 Å². The number of nitrogens with zero attached hydrogens (tertiary/aromatic N) is 1. The fraction of sp³-hybridized carbons (Fsp3) is 0.273. The molecule has 2 rings (SSSR count). The van der Waals surface area contributed by atoms with E-state index in [1.54, 1.807) is 23.1 Å². The van der Waals surface area contributed by atoms with Gasteiger partial charge in [-0.2, -0.15) is 0 Å². The highest BCUT2D eigenvalue weighted by Gasteiger charge is 2.26. The number of amides is 1. The van der Waals surface area contributed by atoms with Crippen LogP contribution in [0.5, 0.6) is 0 Å². The molecule has 0 unspecified atom stereocenters. The Morgan fingerprint density at radius 3 is 2.75 bits per heavy atom. The van der Waals surface area contributed by atoms with Gasteiger partial charge >= 0.3 is 0 Å². The van der Waals surface area contributed by atoms with Crippen LogP contribution in [-0.2, 0) is 9.59 Å². The van der Waals surface area contributed by atoms with E-state index in [2.05, 4.69) is 15.9 Å². The Morgan fingerprint density at radius 1 is 1.31 bits per heavy atom. The average molecular weight is 303 g/mol. The van der Waals surface area contributed by atoms with Crippen molar-refractivity contribution in [2.45, 2.75) is 12.8 Å². The third-order valence-electron chi connectivity index (χ3n) is 2.46. The van der Waals surface area contributed by atoms with Crippen LogP contribution < -0.4 is 4.90 Å². The molecule has 0 saturated carbocycles. The number of Topliss-reactive ketones (excluding diaryl/α,β-unsaturated/α-hetero) is 1. The predicted molar refractivity (Wildman–Crippen MR) is 65.7 cm³/mol. The highest BCUT2D eigenvalue weighted by atomic mass is 79.9. The zero-order valence-corrected chi connectivity index (χ0v) is 10.7. The van der Waals surface area contributed by atoms with Gasteiger partial charge in [-0.1, -0.05) is 11.6 Å². The van der Waals surface area contributed by atoms with Crippen LogP contribution in [0.2, 0.25) is 5.02 Å². The van der Waals surface area contributed by atoms with E-state index in [1.807, 2.05) is 0 Å². The first-order chi connectivity index (χ1) is 7.58. The lowest BCUT2D eigenvalue weighted by molar-refractivity contribution is -0.128. The number of carbonyl (C=O) groups excluding carboxylic acids is 2. The normalized spacial score (nSPS) is 16.8. The van der Waals surface area contributed by atoms with Crippen LogP contribution in [0.15, 0.2) is 22.7 Å². The summed E-state index contributed by atoms with van der Waals surface area (Å²) in [6.07, 6.45) is 0.393. The van der Waals surface area contributed by atoms with Gasteiger partial charge in [-0.3, -0.25) is 9.59 Å². The molecule has 84 valence electrons. The minimum absolute atomic E-state index is 0.000555. The molecule has 1 aromatic carbocycles. The molecule has 0 radical (unpaired) electrons. The number of rotatable bonds is 1. The van der Waals surface area contributed by atoms with Crippen LogP contribution >= 0.6 is 27.5 Å². The molecule has 1 heterocycles. The van der Waals surface area contributed by atoms with E-state index >= 15 is 0 Å². The van der Waals surface area contributed by atoms with E-state index in [9.17, 15) is 9.59 Å². The highest BCUT2D eigenvalue weighted by Crippen LogP contribution is 2.31. The van der Waals surface area contributed by atoms with Crippen LogP contribution in [-0.4, -0.2) is 18.2 Å². The van der Waals surface area contributed by atoms with E-state index in [0.717, 1.165) is 10.2 Å². The monoisotopic (exact) mass is 301 g/mol. The second-order valence-electron chi connectivity index (χ2n) is 3.61. The molecule has 3 nitrogen and oxygen atoms in total. The Labute approximate surface area is 107 Å². The molecule has 1 saturated heterocycles. The Bertz CT molecular complexity index is 461. The minimum Gasteiger partial charge on any atom is -0.310 e. The third kappa shape index (κ3) is 2.28. The smallest absolute Gasteiger partial charge is 0.234 e. The van der Waals surface area contributed by atoms with E-state index < -0.39 is 0 Å². The summed E-state index contributed by atoms with van der Waals surface area (Å²) < 4.78 is 0.805. The minimum atomic E-state index is -0.167. The third-order valence-corrected chi connectivity index (χ3v) is 3.37. The number of carbonyl (C=O) groups is 2. The second kappa shape index (κ2) is 4.55. The molecule has 16 heavy (non-hydrogen) atoms. The van der Waals surface area contributed by atoms with Crippen molar-refractivity contribution in [3.05, 3.63) is 27.7 Å². The zero-order chi connectivity index (χ0) is 11.7. The van der Waals surface area contributed by atoms with Crippen molar-refractivity contribution in [3.8, 4) is 0 Å². The summed E-state index contributed by atoms with van der Waals surface area (Å²) >= 11 is 9.26. The summed E-state index contributed by atoms with van der Waals surface area (Å²) in [7, 11) is 0. The number of hydrogen-bond donors (Lipinski definition) is 0. The number of piperidine rings is 1. The maximum Gasteiger partial charge on any atom is 0.234 e. The van der Waals surface area contributed by atoms with Crippen molar-refractivity contribution in [1.29, 1.82) is 0 Å². The summed E-state index contributed by atoms with van der Waals surface area (Å²) in [4.78, 5) is 24.4. The van der Waals surface area contributed by atoms with Gasteiger partial charge in [0.2, 0.25) is 5.91 Å². The fourth-order valence-electron chi connectivity index (χ4n) is 1.66. The van der Waals surface area contributed by atoms with Gasteiger partial charge in [-0.25, -0.2) is 0 Å². The van der Waals surface area contributed by atoms with Crippen molar-refractivity contribution < 1.29 is 9.59 Å². The van der Waals surface area contributed by atoms with Gasteiger partial charge in [-0.05, 0) is 34.1 Å². The van der Waals surface area contributed by atoms with E-state index in [4.69, 9.17) is 11.6 Å². The number of benzene rings is 1. The quantitative estimate of drug-likeness (QED) is 0.748. The van der Waals surface area contributed by atoms with E-state index in [0.29, 0.717) is 18.0 Å². The summed E-state index contributed by atoms with van der Waals surface area (Å²) in [6.45, 7) is 0.427. The fourth-order valence-corrected chi connectivity index (χ4v) is 2.29. The van der Waals surface area contributed by atoms with Crippen molar-refractivity contribution in [1.82, 2.24) is 0 Å². The topological polar surface area (TPSA) is 37.4 Å². The van der Waals surface area contributed by atoms with E-state index in [1.165, 1.54) is 0 Å². The summed E-state index contributed by atoms with van der Waals surface area (Å²) in [5.41, 5.74) is 0.727. The summed E-state index contributed by atoms with van der Waals surface area (Å²) in [5, 5.41) is 0.572. The lowest BCUT2D eigenvalue weighted by Crippen LogP contribution is -2.39. The van der Waals surface area contributed by atoms with Gasteiger partial charge in [0.15, 0.2) is 0 Å². The maximum absolute atomic E-state index is 11.7. The van der Waals surface area contributed by atoms with Crippen molar-refractivity contribution in [2.24, 2.45) is 0 Å². The predicted octanol–water partition coefficient (Wildman–Crippen LogP) is 2.80. The Balaban J connectivity index is 2.33. The maximum atomic E-state index is 11.7. The summed E-state index contributed by atoms with van der Waals surface area (Å²) in [5.74, 6) is -0.168. The molecule has 0 N–H and O–H groups in total. The van der Waals surface area contributed by atoms with Crippen molar-refractivity contribution >= 4 is 44.9 Å². The SMILES string of the molecule is O=C1CCN(c2cc(Cl)ccc2Br)C(=O)C1. The molecule has 5 heteroatoms. The molecule has 1 aliphatic heterocycles. The molecule has 0 bridgehead atoms. The lowest BCUT2D eigenvalue weighted by atomic mass is 10.1. The second-order valence-corrected chi connectivity index (χ2v) is 4.90. The largest absolute Gasteiger partial charge is 0.310 e. The van der Waals surface area contributed by atoms with Gasteiger partial charge in [0.05, 0.1) is 12.1 Å². The molecule has 1 aliphatic rings. The molecule has 0 atom stereocenters. The number of ketones is 1. The average Bonchev–Trinajstić information content (AvgIpc) is 2.22. The Hall–Kier alpha value is -0.870. The molecule has 0 aromatic heterocycles. The lowest BCUT2D eigenvalue weighted by Gasteiger charge is -2.27. The zero-order valence-electron chi connectivity index (χ0n) is 8.37.